The Labute approximate surface area is 202 Å². The Kier molecular flexibility index (Phi) is 6.14. The molecule has 5 nitrogen and oxygen atoms in total. The maximum Gasteiger partial charge on any atom is 0.265 e. The van der Waals surface area contributed by atoms with Crippen LogP contribution in [0.4, 0.5) is 5.69 Å². The molecule has 3 aromatic carbocycles. The molecule has 0 spiro atoms. The number of fused-ring (bicyclic) bond motifs is 1. The van der Waals surface area contributed by atoms with E-state index in [1.807, 2.05) is 53.5 Å². The molecule has 34 heavy (non-hydrogen) atoms. The second-order valence-electron chi connectivity index (χ2n) is 8.40. The van der Waals surface area contributed by atoms with E-state index < -0.39 is 0 Å². The van der Waals surface area contributed by atoms with E-state index in [-0.39, 0.29) is 5.91 Å². The number of nitrogens with one attached hydrogen (secondary N) is 1. The standard InChI is InChI=1S/C28H25N3O2S/c1-19-10-11-26(20(2)12-19)33-17-21-13-27(34-18-21)28(32)30-24-14-29-31(16-24)15-23-8-5-7-22-6-3-4-9-25(22)23/h3-14,16,18H,15,17H2,1-2H3,(H,30,32). The Morgan fingerprint density at radius 2 is 1.91 bits per heavy atom. The van der Waals surface area contributed by atoms with Gasteiger partial charge in [-0.25, -0.2) is 0 Å². The Morgan fingerprint density at radius 1 is 1.06 bits per heavy atom. The number of hydrogen-bond donors (Lipinski definition) is 1. The summed E-state index contributed by atoms with van der Waals surface area (Å²) in [7, 11) is 0. The molecule has 5 rings (SSSR count). The van der Waals surface area contributed by atoms with Crippen LogP contribution in [0.1, 0.15) is 31.9 Å². The minimum absolute atomic E-state index is 0.146. The molecular formula is C28H25N3O2S. The van der Waals surface area contributed by atoms with E-state index in [0.29, 0.717) is 23.7 Å². The van der Waals surface area contributed by atoms with Crippen molar-refractivity contribution in [2.24, 2.45) is 0 Å². The molecule has 5 aromatic rings. The summed E-state index contributed by atoms with van der Waals surface area (Å²) >= 11 is 1.41. The molecule has 2 aromatic heterocycles. The lowest BCUT2D eigenvalue weighted by atomic mass is 10.0. The smallest absolute Gasteiger partial charge is 0.265 e. The van der Waals surface area contributed by atoms with Crippen LogP contribution in [0.3, 0.4) is 0 Å². The Hall–Kier alpha value is -3.90. The van der Waals surface area contributed by atoms with Gasteiger partial charge in [0.15, 0.2) is 0 Å². The molecule has 0 bridgehead atoms. The highest BCUT2D eigenvalue weighted by atomic mass is 32.1. The summed E-state index contributed by atoms with van der Waals surface area (Å²) in [4.78, 5) is 13.4. The molecule has 0 fully saturated rings. The maximum absolute atomic E-state index is 12.8. The largest absolute Gasteiger partial charge is 0.489 e. The predicted molar refractivity (Wildman–Crippen MR) is 138 cm³/mol. The predicted octanol–water partition coefficient (Wildman–Crippen LogP) is 6.59. The van der Waals surface area contributed by atoms with Gasteiger partial charge in [-0.2, -0.15) is 5.10 Å². The third-order valence-electron chi connectivity index (χ3n) is 5.71. The topological polar surface area (TPSA) is 56.1 Å². The van der Waals surface area contributed by atoms with Gasteiger partial charge in [-0.1, -0.05) is 60.2 Å². The van der Waals surface area contributed by atoms with E-state index >= 15 is 0 Å². The van der Waals surface area contributed by atoms with Crippen molar-refractivity contribution in [1.82, 2.24) is 9.78 Å². The minimum atomic E-state index is -0.146. The van der Waals surface area contributed by atoms with E-state index in [9.17, 15) is 4.79 Å². The highest BCUT2D eigenvalue weighted by Crippen LogP contribution is 2.23. The maximum atomic E-state index is 12.8. The van der Waals surface area contributed by atoms with Gasteiger partial charge in [-0.05, 0) is 53.3 Å². The van der Waals surface area contributed by atoms with Gasteiger partial charge in [0.05, 0.1) is 23.3 Å². The molecular weight excluding hydrogens is 442 g/mol. The molecule has 170 valence electrons. The number of carbonyl (C=O) groups is 1. The van der Waals surface area contributed by atoms with Crippen molar-refractivity contribution in [3.8, 4) is 5.75 Å². The highest BCUT2D eigenvalue weighted by Gasteiger charge is 2.12. The summed E-state index contributed by atoms with van der Waals surface area (Å²) in [6.45, 7) is 5.16. The average molecular weight is 468 g/mol. The fraction of sp³-hybridized carbons (Fsp3) is 0.143. The van der Waals surface area contributed by atoms with Gasteiger partial charge in [0.25, 0.3) is 5.91 Å². The molecule has 0 saturated carbocycles. The number of carbonyl (C=O) groups excluding carboxylic acids is 1. The summed E-state index contributed by atoms with van der Waals surface area (Å²) < 4.78 is 7.78. The zero-order valence-electron chi connectivity index (χ0n) is 19.1. The fourth-order valence-corrected chi connectivity index (χ4v) is 4.80. The van der Waals surface area contributed by atoms with Gasteiger partial charge in [0.2, 0.25) is 0 Å². The van der Waals surface area contributed by atoms with Crippen LogP contribution >= 0.6 is 11.3 Å². The van der Waals surface area contributed by atoms with E-state index in [2.05, 4.69) is 53.7 Å². The summed E-state index contributed by atoms with van der Waals surface area (Å²) in [5.41, 5.74) is 5.15. The van der Waals surface area contributed by atoms with E-state index in [0.717, 1.165) is 16.9 Å². The van der Waals surface area contributed by atoms with E-state index in [4.69, 9.17) is 4.74 Å². The first kappa shape index (κ1) is 21.9. The number of nitrogens with zero attached hydrogens (tertiary/aromatic N) is 2. The molecule has 0 atom stereocenters. The molecule has 0 aliphatic rings. The van der Waals surface area contributed by atoms with Crippen LogP contribution in [0, 0.1) is 13.8 Å². The van der Waals surface area contributed by atoms with Crippen molar-refractivity contribution in [3.63, 3.8) is 0 Å². The van der Waals surface area contributed by atoms with Crippen LogP contribution in [-0.4, -0.2) is 15.7 Å². The Bertz CT molecular complexity index is 1460. The molecule has 0 saturated heterocycles. The number of aryl methyl sites for hydroxylation is 2. The first-order chi connectivity index (χ1) is 16.5. The number of rotatable bonds is 7. The van der Waals surface area contributed by atoms with Crippen LogP contribution in [0.25, 0.3) is 10.8 Å². The normalized spacial score (nSPS) is 11.0. The first-order valence-corrected chi connectivity index (χ1v) is 12.0. The van der Waals surface area contributed by atoms with E-state index in [1.165, 1.54) is 33.2 Å². The van der Waals surface area contributed by atoms with Crippen molar-refractivity contribution in [3.05, 3.63) is 112 Å². The third kappa shape index (κ3) is 4.87. The number of hydrogen-bond acceptors (Lipinski definition) is 4. The first-order valence-electron chi connectivity index (χ1n) is 11.1. The summed E-state index contributed by atoms with van der Waals surface area (Å²) in [5, 5.41) is 11.8. The second kappa shape index (κ2) is 9.53. The zero-order chi connectivity index (χ0) is 23.5. The Morgan fingerprint density at radius 3 is 2.79 bits per heavy atom. The highest BCUT2D eigenvalue weighted by molar-refractivity contribution is 7.12. The van der Waals surface area contributed by atoms with Crippen molar-refractivity contribution in [2.45, 2.75) is 27.0 Å². The summed E-state index contributed by atoms with van der Waals surface area (Å²) in [6.07, 6.45) is 3.54. The summed E-state index contributed by atoms with van der Waals surface area (Å²) in [6, 6.07) is 22.6. The molecule has 1 N–H and O–H groups in total. The van der Waals surface area contributed by atoms with Gasteiger partial charge >= 0.3 is 0 Å². The van der Waals surface area contributed by atoms with Crippen molar-refractivity contribution in [1.29, 1.82) is 0 Å². The van der Waals surface area contributed by atoms with Crippen LogP contribution in [-0.2, 0) is 13.2 Å². The van der Waals surface area contributed by atoms with Gasteiger partial charge in [0, 0.05) is 11.8 Å². The van der Waals surface area contributed by atoms with Gasteiger partial charge in [0.1, 0.15) is 12.4 Å². The average Bonchev–Trinajstić information content (AvgIpc) is 3.48. The second-order valence-corrected chi connectivity index (χ2v) is 9.31. The molecule has 0 unspecified atom stereocenters. The molecule has 0 aliphatic heterocycles. The van der Waals surface area contributed by atoms with Crippen molar-refractivity contribution < 1.29 is 9.53 Å². The lowest BCUT2D eigenvalue weighted by molar-refractivity contribution is 0.103. The number of thiophene rings is 1. The van der Waals surface area contributed by atoms with Crippen LogP contribution in [0.15, 0.2) is 84.5 Å². The minimum Gasteiger partial charge on any atom is -0.489 e. The van der Waals surface area contributed by atoms with E-state index in [1.54, 1.807) is 6.20 Å². The van der Waals surface area contributed by atoms with Crippen molar-refractivity contribution in [2.75, 3.05) is 5.32 Å². The molecule has 6 heteroatoms. The molecule has 0 aliphatic carbocycles. The quantitative estimate of drug-likeness (QED) is 0.294. The zero-order valence-corrected chi connectivity index (χ0v) is 19.9. The summed E-state index contributed by atoms with van der Waals surface area (Å²) in [5.74, 6) is 0.717. The number of benzene rings is 3. The molecule has 2 heterocycles. The lowest BCUT2D eigenvalue weighted by Gasteiger charge is -2.08. The number of amides is 1. The van der Waals surface area contributed by atoms with Crippen LogP contribution in [0.2, 0.25) is 0 Å². The number of ether oxygens (including phenoxy) is 1. The van der Waals surface area contributed by atoms with Crippen LogP contribution in [0.5, 0.6) is 5.75 Å². The van der Waals surface area contributed by atoms with Crippen molar-refractivity contribution >= 4 is 33.7 Å². The monoisotopic (exact) mass is 467 g/mol. The third-order valence-corrected chi connectivity index (χ3v) is 6.68. The number of aromatic nitrogens is 2. The Balaban J connectivity index is 1.21. The SMILES string of the molecule is Cc1ccc(OCc2csc(C(=O)Nc3cnn(Cc4cccc5ccccc45)c3)c2)c(C)c1. The van der Waals surface area contributed by atoms with Gasteiger partial charge in [-0.3, -0.25) is 9.48 Å². The molecule has 1 amide bonds. The lowest BCUT2D eigenvalue weighted by Crippen LogP contribution is -2.09. The van der Waals surface area contributed by atoms with Gasteiger partial charge in [-0.15, -0.1) is 11.3 Å². The fourth-order valence-electron chi connectivity index (χ4n) is 4.00. The van der Waals surface area contributed by atoms with Gasteiger partial charge < -0.3 is 10.1 Å². The molecule has 0 radical (unpaired) electrons. The number of anilines is 1. The van der Waals surface area contributed by atoms with Crippen LogP contribution < -0.4 is 10.1 Å².